The number of ether oxygens (including phenoxy) is 1. The highest BCUT2D eigenvalue weighted by Gasteiger charge is 2.24. The molecule has 0 radical (unpaired) electrons. The summed E-state index contributed by atoms with van der Waals surface area (Å²) in [6, 6.07) is 0.411. The van der Waals surface area contributed by atoms with E-state index in [9.17, 15) is 0 Å². The molecule has 0 aliphatic carbocycles. The Balaban J connectivity index is 2.45. The molecule has 0 saturated carbocycles. The van der Waals surface area contributed by atoms with Crippen LogP contribution >= 0.6 is 0 Å². The van der Waals surface area contributed by atoms with Crippen molar-refractivity contribution < 1.29 is 4.74 Å². The van der Waals surface area contributed by atoms with E-state index in [-0.39, 0.29) is 0 Å². The van der Waals surface area contributed by atoms with Crippen molar-refractivity contribution in [3.63, 3.8) is 0 Å². The largest absolute Gasteiger partial charge is 0.376 e. The van der Waals surface area contributed by atoms with Gasteiger partial charge in [0.1, 0.15) is 0 Å². The fourth-order valence-corrected chi connectivity index (χ4v) is 1.39. The quantitative estimate of drug-likeness (QED) is 0.547. The topological polar surface area (TPSA) is 38.5 Å². The first-order chi connectivity index (χ1) is 4.75. The molecule has 2 N–H and O–H groups in total. The van der Waals surface area contributed by atoms with Crippen molar-refractivity contribution in [2.75, 3.05) is 26.7 Å². The van der Waals surface area contributed by atoms with E-state index in [0.29, 0.717) is 18.7 Å². The lowest BCUT2D eigenvalue weighted by molar-refractivity contribution is -0.0479. The number of nitrogens with zero attached hydrogens (tertiary/aromatic N) is 1. The van der Waals surface area contributed by atoms with Crippen LogP contribution in [0.15, 0.2) is 0 Å². The maximum atomic E-state index is 5.56. The molecule has 1 heterocycles. The Hall–Kier alpha value is -0.120. The SMILES string of the molecule is C[C@@H]1OCCN(C)[C@H]1CN. The van der Waals surface area contributed by atoms with Gasteiger partial charge in [0.05, 0.1) is 12.7 Å². The van der Waals surface area contributed by atoms with Crippen molar-refractivity contribution >= 4 is 0 Å². The maximum Gasteiger partial charge on any atom is 0.0714 e. The molecular weight excluding hydrogens is 128 g/mol. The van der Waals surface area contributed by atoms with Crippen LogP contribution in [0.25, 0.3) is 0 Å². The number of nitrogens with two attached hydrogens (primary N) is 1. The Bertz CT molecular complexity index is 97.8. The number of rotatable bonds is 1. The fraction of sp³-hybridized carbons (Fsp3) is 1.00. The van der Waals surface area contributed by atoms with Gasteiger partial charge in [-0.3, -0.25) is 4.90 Å². The highest BCUT2D eigenvalue weighted by Crippen LogP contribution is 2.09. The summed E-state index contributed by atoms with van der Waals surface area (Å²) < 4.78 is 5.43. The first-order valence-electron chi connectivity index (χ1n) is 3.77. The summed E-state index contributed by atoms with van der Waals surface area (Å²) in [5.41, 5.74) is 5.56. The fourth-order valence-electron chi connectivity index (χ4n) is 1.39. The van der Waals surface area contributed by atoms with Crippen LogP contribution < -0.4 is 5.73 Å². The van der Waals surface area contributed by atoms with Crippen molar-refractivity contribution in [3.05, 3.63) is 0 Å². The van der Waals surface area contributed by atoms with Crippen LogP contribution in [0.2, 0.25) is 0 Å². The number of hydrogen-bond donors (Lipinski definition) is 1. The zero-order valence-corrected chi connectivity index (χ0v) is 6.71. The summed E-state index contributed by atoms with van der Waals surface area (Å²) in [7, 11) is 2.09. The van der Waals surface area contributed by atoms with Gasteiger partial charge >= 0.3 is 0 Å². The van der Waals surface area contributed by atoms with E-state index >= 15 is 0 Å². The molecule has 60 valence electrons. The average molecular weight is 144 g/mol. The van der Waals surface area contributed by atoms with Gasteiger partial charge in [-0.15, -0.1) is 0 Å². The van der Waals surface area contributed by atoms with Gasteiger partial charge < -0.3 is 10.5 Å². The van der Waals surface area contributed by atoms with Crippen molar-refractivity contribution in [1.82, 2.24) is 4.90 Å². The highest BCUT2D eigenvalue weighted by atomic mass is 16.5. The lowest BCUT2D eigenvalue weighted by Crippen LogP contribution is -2.51. The van der Waals surface area contributed by atoms with Crippen LogP contribution in [0.3, 0.4) is 0 Å². The Kier molecular flexibility index (Phi) is 2.65. The third-order valence-corrected chi connectivity index (χ3v) is 2.17. The molecule has 1 saturated heterocycles. The summed E-state index contributed by atoms with van der Waals surface area (Å²) in [6.45, 7) is 4.62. The predicted octanol–water partition coefficient (Wildman–Crippen LogP) is -0.336. The summed E-state index contributed by atoms with van der Waals surface area (Å²) in [4.78, 5) is 2.26. The molecule has 1 aliphatic heterocycles. The van der Waals surface area contributed by atoms with E-state index < -0.39 is 0 Å². The Morgan fingerprint density at radius 3 is 2.80 bits per heavy atom. The van der Waals surface area contributed by atoms with E-state index in [1.165, 1.54) is 0 Å². The summed E-state index contributed by atoms with van der Waals surface area (Å²) in [6.07, 6.45) is 0.295. The summed E-state index contributed by atoms with van der Waals surface area (Å²) >= 11 is 0. The second kappa shape index (κ2) is 3.32. The second-order valence-corrected chi connectivity index (χ2v) is 2.86. The van der Waals surface area contributed by atoms with Gasteiger partial charge in [0.2, 0.25) is 0 Å². The van der Waals surface area contributed by atoms with E-state index in [1.807, 2.05) is 0 Å². The van der Waals surface area contributed by atoms with E-state index in [0.717, 1.165) is 13.2 Å². The zero-order valence-electron chi connectivity index (χ0n) is 6.71. The number of morpholine rings is 1. The monoisotopic (exact) mass is 144 g/mol. The molecule has 0 bridgehead atoms. The zero-order chi connectivity index (χ0) is 7.56. The van der Waals surface area contributed by atoms with Crippen molar-refractivity contribution in [2.24, 2.45) is 5.73 Å². The van der Waals surface area contributed by atoms with Gasteiger partial charge in [-0.1, -0.05) is 0 Å². The third-order valence-electron chi connectivity index (χ3n) is 2.17. The first-order valence-corrected chi connectivity index (χ1v) is 3.77. The highest BCUT2D eigenvalue weighted by molar-refractivity contribution is 4.79. The molecule has 0 aromatic carbocycles. The van der Waals surface area contributed by atoms with Crippen LogP contribution in [0.4, 0.5) is 0 Å². The van der Waals surface area contributed by atoms with Crippen LogP contribution in [0.1, 0.15) is 6.92 Å². The van der Waals surface area contributed by atoms with Gasteiger partial charge in [-0.05, 0) is 14.0 Å². The van der Waals surface area contributed by atoms with E-state index in [1.54, 1.807) is 0 Å². The van der Waals surface area contributed by atoms with Crippen LogP contribution in [-0.4, -0.2) is 43.8 Å². The third kappa shape index (κ3) is 1.48. The minimum absolute atomic E-state index is 0.295. The van der Waals surface area contributed by atoms with Crippen molar-refractivity contribution in [1.29, 1.82) is 0 Å². The minimum atomic E-state index is 0.295. The van der Waals surface area contributed by atoms with Crippen LogP contribution in [0, 0.1) is 0 Å². The molecule has 0 spiro atoms. The summed E-state index contributed by atoms with van der Waals surface area (Å²) in [5.74, 6) is 0. The van der Waals surface area contributed by atoms with Gasteiger partial charge in [-0.2, -0.15) is 0 Å². The lowest BCUT2D eigenvalue weighted by atomic mass is 10.1. The maximum absolute atomic E-state index is 5.56. The normalized spacial score (nSPS) is 36.3. The van der Waals surface area contributed by atoms with Crippen LogP contribution in [0.5, 0.6) is 0 Å². The molecule has 0 unspecified atom stereocenters. The second-order valence-electron chi connectivity index (χ2n) is 2.86. The molecule has 1 fully saturated rings. The molecule has 1 rings (SSSR count). The molecule has 0 aromatic heterocycles. The molecule has 1 aliphatic rings. The molecular formula is C7H16N2O. The molecule has 2 atom stereocenters. The van der Waals surface area contributed by atoms with Crippen molar-refractivity contribution in [2.45, 2.75) is 19.1 Å². The summed E-state index contributed by atoms with van der Waals surface area (Å²) in [5, 5.41) is 0. The average Bonchev–Trinajstić information content (AvgIpc) is 1.88. The van der Waals surface area contributed by atoms with Gasteiger partial charge in [0, 0.05) is 19.1 Å². The Labute approximate surface area is 62.1 Å². The molecule has 3 nitrogen and oxygen atoms in total. The lowest BCUT2D eigenvalue weighted by Gasteiger charge is -2.36. The van der Waals surface area contributed by atoms with E-state index in [2.05, 4.69) is 18.9 Å². The Morgan fingerprint density at radius 1 is 1.70 bits per heavy atom. The number of likely N-dealkylation sites (N-methyl/N-ethyl adjacent to an activating group) is 1. The minimum Gasteiger partial charge on any atom is -0.376 e. The van der Waals surface area contributed by atoms with Gasteiger partial charge in [0.15, 0.2) is 0 Å². The first kappa shape index (κ1) is 7.98. The smallest absolute Gasteiger partial charge is 0.0714 e. The predicted molar refractivity (Wildman–Crippen MR) is 40.9 cm³/mol. The molecule has 10 heavy (non-hydrogen) atoms. The molecule has 3 heteroatoms. The number of hydrogen-bond acceptors (Lipinski definition) is 3. The Morgan fingerprint density at radius 2 is 2.40 bits per heavy atom. The van der Waals surface area contributed by atoms with Gasteiger partial charge in [0.25, 0.3) is 0 Å². The van der Waals surface area contributed by atoms with E-state index in [4.69, 9.17) is 10.5 Å². The van der Waals surface area contributed by atoms with Gasteiger partial charge in [-0.25, -0.2) is 0 Å². The molecule has 0 amide bonds. The standard InChI is InChI=1S/C7H16N2O/c1-6-7(5-8)9(2)3-4-10-6/h6-7H,3-5,8H2,1-2H3/t6-,7-/m0/s1. The van der Waals surface area contributed by atoms with Crippen LogP contribution in [-0.2, 0) is 4.74 Å². The molecule has 0 aromatic rings. The van der Waals surface area contributed by atoms with Crippen molar-refractivity contribution in [3.8, 4) is 0 Å².